The van der Waals surface area contributed by atoms with Crippen molar-refractivity contribution in [2.45, 2.75) is 18.9 Å². The van der Waals surface area contributed by atoms with Crippen molar-refractivity contribution < 1.29 is 14.0 Å². The van der Waals surface area contributed by atoms with Gasteiger partial charge < -0.3 is 10.2 Å². The molecule has 1 fully saturated rings. The predicted molar refractivity (Wildman–Crippen MR) is 72.0 cm³/mol. The lowest BCUT2D eigenvalue weighted by Crippen LogP contribution is -2.50. The average Bonchev–Trinajstić information content (AvgIpc) is 2.47. The molecule has 0 aliphatic carbocycles. The number of alkyl halides is 1. The Balaban J connectivity index is 2.03. The fourth-order valence-electron chi connectivity index (χ4n) is 2.26. The Kier molecular flexibility index (Phi) is 4.89. The number of piperidine rings is 1. The Labute approximate surface area is 121 Å². The molecule has 2 heterocycles. The predicted octanol–water partition coefficient (Wildman–Crippen LogP) is 1.18. The third kappa shape index (κ3) is 3.45. The number of likely N-dealkylation sites (tertiary alicyclic amines) is 1. The zero-order valence-corrected chi connectivity index (χ0v) is 11.6. The number of carbonyl (C=O) groups is 2. The molecular weight excluding hydrogens is 285 g/mol. The Hall–Kier alpha value is -1.69. The van der Waals surface area contributed by atoms with Crippen molar-refractivity contribution in [1.82, 2.24) is 15.2 Å². The molecule has 1 saturated heterocycles. The maximum atomic E-state index is 13.5. The summed E-state index contributed by atoms with van der Waals surface area (Å²) in [6.07, 6.45) is 2.83. The lowest BCUT2D eigenvalue weighted by atomic mass is 10.0. The van der Waals surface area contributed by atoms with Crippen LogP contribution in [0, 0.1) is 5.95 Å². The lowest BCUT2D eigenvalue weighted by molar-refractivity contribution is -0.119. The zero-order chi connectivity index (χ0) is 14.5. The number of hydrogen-bond donors (Lipinski definition) is 1. The van der Waals surface area contributed by atoms with Crippen LogP contribution in [0.5, 0.6) is 0 Å². The average molecular weight is 300 g/mol. The molecule has 1 atom stereocenters. The largest absolute Gasteiger partial charge is 0.351 e. The summed E-state index contributed by atoms with van der Waals surface area (Å²) in [6.45, 7) is 0.899. The molecule has 20 heavy (non-hydrogen) atoms. The van der Waals surface area contributed by atoms with E-state index in [-0.39, 0.29) is 23.4 Å². The van der Waals surface area contributed by atoms with Gasteiger partial charge in [-0.1, -0.05) is 0 Å². The maximum absolute atomic E-state index is 13.5. The Morgan fingerprint density at radius 3 is 3.05 bits per heavy atom. The highest BCUT2D eigenvalue weighted by Gasteiger charge is 2.26. The lowest BCUT2D eigenvalue weighted by Gasteiger charge is -2.33. The van der Waals surface area contributed by atoms with Crippen LogP contribution >= 0.6 is 11.6 Å². The van der Waals surface area contributed by atoms with Gasteiger partial charge in [-0.05, 0) is 25.0 Å². The van der Waals surface area contributed by atoms with E-state index in [1.165, 1.54) is 23.2 Å². The number of nitrogens with zero attached hydrogens (tertiary/aromatic N) is 2. The molecular formula is C13H15ClFN3O2. The van der Waals surface area contributed by atoms with E-state index in [9.17, 15) is 14.0 Å². The van der Waals surface area contributed by atoms with Gasteiger partial charge in [0.05, 0.1) is 5.56 Å². The summed E-state index contributed by atoms with van der Waals surface area (Å²) in [7, 11) is 0. The van der Waals surface area contributed by atoms with Gasteiger partial charge in [-0.3, -0.25) is 9.59 Å². The number of carbonyl (C=O) groups excluding carboxylic acids is 2. The first-order valence-electron chi connectivity index (χ1n) is 6.37. The van der Waals surface area contributed by atoms with Crippen LogP contribution in [0.2, 0.25) is 0 Å². The smallest absolute Gasteiger partial charge is 0.258 e. The number of pyridine rings is 1. The summed E-state index contributed by atoms with van der Waals surface area (Å²) in [5, 5.41) is 2.75. The molecule has 1 N–H and O–H groups in total. The van der Waals surface area contributed by atoms with E-state index in [1.54, 1.807) is 0 Å². The minimum atomic E-state index is -0.774. The Morgan fingerprint density at radius 2 is 2.35 bits per heavy atom. The second-order valence-electron chi connectivity index (χ2n) is 4.63. The molecule has 1 aromatic heterocycles. The van der Waals surface area contributed by atoms with E-state index in [0.717, 1.165) is 12.8 Å². The van der Waals surface area contributed by atoms with Crippen LogP contribution in [-0.4, -0.2) is 46.7 Å². The van der Waals surface area contributed by atoms with Crippen molar-refractivity contribution in [2.24, 2.45) is 0 Å². The van der Waals surface area contributed by atoms with Crippen molar-refractivity contribution in [3.8, 4) is 0 Å². The fourth-order valence-corrected chi connectivity index (χ4v) is 2.34. The molecule has 1 aromatic rings. The molecule has 2 amide bonds. The van der Waals surface area contributed by atoms with E-state index in [0.29, 0.717) is 13.1 Å². The quantitative estimate of drug-likeness (QED) is 0.673. The summed E-state index contributed by atoms with van der Waals surface area (Å²) >= 11 is 5.44. The summed E-state index contributed by atoms with van der Waals surface area (Å²) < 4.78 is 13.5. The first kappa shape index (κ1) is 14.7. The van der Waals surface area contributed by atoms with Crippen molar-refractivity contribution >= 4 is 23.4 Å². The molecule has 0 radical (unpaired) electrons. The van der Waals surface area contributed by atoms with E-state index in [2.05, 4.69) is 10.3 Å². The topological polar surface area (TPSA) is 62.3 Å². The summed E-state index contributed by atoms with van der Waals surface area (Å²) in [4.78, 5) is 28.5. The van der Waals surface area contributed by atoms with Gasteiger partial charge in [-0.25, -0.2) is 4.98 Å². The summed E-state index contributed by atoms with van der Waals surface area (Å²) in [5.74, 6) is -1.55. The van der Waals surface area contributed by atoms with E-state index < -0.39 is 11.9 Å². The second kappa shape index (κ2) is 6.65. The minimum absolute atomic E-state index is 0.0446. The van der Waals surface area contributed by atoms with Crippen molar-refractivity contribution in [1.29, 1.82) is 0 Å². The molecule has 0 spiro atoms. The van der Waals surface area contributed by atoms with Gasteiger partial charge in [0.15, 0.2) is 0 Å². The second-order valence-corrected chi connectivity index (χ2v) is 4.90. The number of hydrogen-bond acceptors (Lipinski definition) is 3. The van der Waals surface area contributed by atoms with Crippen molar-refractivity contribution in [3.63, 3.8) is 0 Å². The first-order valence-corrected chi connectivity index (χ1v) is 6.90. The highest BCUT2D eigenvalue weighted by atomic mass is 35.5. The normalized spacial score (nSPS) is 18.7. The van der Waals surface area contributed by atoms with Crippen molar-refractivity contribution in [2.75, 3.05) is 19.0 Å². The van der Waals surface area contributed by atoms with Crippen molar-refractivity contribution in [3.05, 3.63) is 29.8 Å². The molecule has 2 rings (SSSR count). The number of aromatic nitrogens is 1. The summed E-state index contributed by atoms with van der Waals surface area (Å²) in [5.41, 5.74) is -0.0446. The highest BCUT2D eigenvalue weighted by Crippen LogP contribution is 2.15. The number of halogens is 2. The third-order valence-electron chi connectivity index (χ3n) is 3.18. The maximum Gasteiger partial charge on any atom is 0.258 e. The highest BCUT2D eigenvalue weighted by molar-refractivity contribution is 6.27. The molecule has 5 nitrogen and oxygen atoms in total. The Morgan fingerprint density at radius 1 is 1.55 bits per heavy atom. The molecule has 0 aromatic carbocycles. The molecule has 0 unspecified atom stereocenters. The Bertz CT molecular complexity index is 512. The summed E-state index contributed by atoms with van der Waals surface area (Å²) in [6, 6.07) is 2.79. The van der Waals surface area contributed by atoms with E-state index >= 15 is 0 Å². The minimum Gasteiger partial charge on any atom is -0.351 e. The molecule has 1 aliphatic rings. The van der Waals surface area contributed by atoms with Gasteiger partial charge in [0.2, 0.25) is 11.9 Å². The SMILES string of the molecule is O=C(CCl)N[C@H]1CCCN(C(=O)c2cccnc2F)C1. The van der Waals surface area contributed by atoms with E-state index in [4.69, 9.17) is 11.6 Å². The molecule has 0 saturated carbocycles. The molecule has 108 valence electrons. The van der Waals surface area contributed by atoms with Crippen LogP contribution in [0.25, 0.3) is 0 Å². The standard InChI is InChI=1S/C13H15ClFN3O2/c14-7-11(19)17-9-3-2-6-18(8-9)13(20)10-4-1-5-16-12(10)15/h1,4-5,9H,2-3,6-8H2,(H,17,19)/t9-/m0/s1. The zero-order valence-electron chi connectivity index (χ0n) is 10.8. The molecule has 7 heteroatoms. The van der Waals surface area contributed by atoms with Crippen LogP contribution < -0.4 is 5.32 Å². The van der Waals surface area contributed by atoms with Gasteiger partial charge in [0.25, 0.3) is 5.91 Å². The van der Waals surface area contributed by atoms with Crippen LogP contribution in [0.15, 0.2) is 18.3 Å². The number of amides is 2. The first-order chi connectivity index (χ1) is 9.61. The van der Waals surface area contributed by atoms with Gasteiger partial charge in [-0.15, -0.1) is 11.6 Å². The molecule has 1 aliphatic heterocycles. The third-order valence-corrected chi connectivity index (χ3v) is 3.43. The van der Waals surface area contributed by atoms with Crippen LogP contribution in [-0.2, 0) is 4.79 Å². The van der Waals surface area contributed by atoms with Gasteiger partial charge in [0, 0.05) is 25.3 Å². The van der Waals surface area contributed by atoms with Crippen LogP contribution in [0.3, 0.4) is 0 Å². The van der Waals surface area contributed by atoms with Gasteiger partial charge >= 0.3 is 0 Å². The molecule has 0 bridgehead atoms. The fraction of sp³-hybridized carbons (Fsp3) is 0.462. The van der Waals surface area contributed by atoms with Crippen LogP contribution in [0.1, 0.15) is 23.2 Å². The van der Waals surface area contributed by atoms with Gasteiger partial charge in [0.1, 0.15) is 5.88 Å². The van der Waals surface area contributed by atoms with Crippen LogP contribution in [0.4, 0.5) is 4.39 Å². The monoisotopic (exact) mass is 299 g/mol. The van der Waals surface area contributed by atoms with E-state index in [1.807, 2.05) is 0 Å². The number of nitrogens with one attached hydrogen (secondary N) is 1. The number of rotatable bonds is 3. The van der Waals surface area contributed by atoms with Gasteiger partial charge in [-0.2, -0.15) is 4.39 Å².